The number of rotatable bonds is 2. The summed E-state index contributed by atoms with van der Waals surface area (Å²) in [5, 5.41) is 19.2. The highest BCUT2D eigenvalue weighted by molar-refractivity contribution is 6.01. The number of nitrogens with one attached hydrogen (secondary N) is 2. The quantitative estimate of drug-likeness (QED) is 0.552. The lowest BCUT2D eigenvalue weighted by molar-refractivity contribution is 0.0692. The maximum absolute atomic E-state index is 11.0. The summed E-state index contributed by atoms with van der Waals surface area (Å²) in [5.41, 5.74) is 1.83. The van der Waals surface area contributed by atoms with Crippen LogP contribution in [0.25, 0.3) is 22.2 Å². The Balaban J connectivity index is 2.26. The second kappa shape index (κ2) is 3.63. The van der Waals surface area contributed by atoms with Gasteiger partial charge < -0.3 is 20.2 Å². The van der Waals surface area contributed by atoms with E-state index in [4.69, 9.17) is 5.11 Å². The summed E-state index contributed by atoms with van der Waals surface area (Å²) in [6, 6.07) is 4.84. The Morgan fingerprint density at radius 3 is 2.89 bits per heavy atom. The summed E-state index contributed by atoms with van der Waals surface area (Å²) < 4.78 is 0. The number of aromatic hydroxyl groups is 1. The van der Waals surface area contributed by atoms with Gasteiger partial charge in [-0.3, -0.25) is 0 Å². The molecule has 2 aromatic heterocycles. The number of aromatic carboxylic acids is 1. The zero-order valence-electron chi connectivity index (χ0n) is 9.14. The highest BCUT2D eigenvalue weighted by Crippen LogP contribution is 2.30. The standard InChI is InChI=1S/C12H9N3O3/c16-6-1-2-7-8(4-13-9(7)3-6)10-11(12(17)18)15-5-14-10/h1-5,13,16H,(H,14,15)(H,17,18). The summed E-state index contributed by atoms with van der Waals surface area (Å²) in [7, 11) is 0. The number of nitrogens with zero attached hydrogens (tertiary/aromatic N) is 1. The number of H-pyrrole nitrogens is 2. The fraction of sp³-hybridized carbons (Fsp3) is 0. The van der Waals surface area contributed by atoms with Crippen LogP contribution in [0.15, 0.2) is 30.7 Å². The Labute approximate surface area is 101 Å². The first-order chi connectivity index (χ1) is 8.66. The smallest absolute Gasteiger partial charge is 0.354 e. The van der Waals surface area contributed by atoms with Crippen molar-refractivity contribution >= 4 is 16.9 Å². The fourth-order valence-corrected chi connectivity index (χ4v) is 1.97. The molecule has 18 heavy (non-hydrogen) atoms. The van der Waals surface area contributed by atoms with Gasteiger partial charge in [-0.1, -0.05) is 0 Å². The monoisotopic (exact) mass is 243 g/mol. The lowest BCUT2D eigenvalue weighted by Crippen LogP contribution is -1.98. The summed E-state index contributed by atoms with van der Waals surface area (Å²) in [4.78, 5) is 20.7. The number of imidazole rings is 1. The molecule has 1 aromatic carbocycles. The maximum atomic E-state index is 11.0. The molecule has 0 unspecified atom stereocenters. The zero-order valence-corrected chi connectivity index (χ0v) is 9.14. The first-order valence-corrected chi connectivity index (χ1v) is 5.24. The molecule has 0 aliphatic carbocycles. The van der Waals surface area contributed by atoms with E-state index in [0.717, 1.165) is 10.9 Å². The minimum absolute atomic E-state index is 0.0453. The molecule has 0 aliphatic rings. The molecule has 3 rings (SSSR count). The van der Waals surface area contributed by atoms with Crippen LogP contribution in [0.5, 0.6) is 5.75 Å². The topological polar surface area (TPSA) is 102 Å². The van der Waals surface area contributed by atoms with Crippen LogP contribution in [0.3, 0.4) is 0 Å². The van der Waals surface area contributed by atoms with Gasteiger partial charge in [0.05, 0.1) is 6.33 Å². The third kappa shape index (κ3) is 1.43. The van der Waals surface area contributed by atoms with Gasteiger partial charge in [-0.2, -0.15) is 0 Å². The van der Waals surface area contributed by atoms with Crippen molar-refractivity contribution in [2.75, 3.05) is 0 Å². The highest BCUT2D eigenvalue weighted by atomic mass is 16.4. The first kappa shape index (κ1) is 10.4. The number of carbonyl (C=O) groups is 1. The third-order valence-corrected chi connectivity index (χ3v) is 2.77. The van der Waals surface area contributed by atoms with E-state index in [0.29, 0.717) is 11.3 Å². The molecule has 0 atom stereocenters. The van der Waals surface area contributed by atoms with Crippen LogP contribution in [0.1, 0.15) is 10.5 Å². The number of hydrogen-bond acceptors (Lipinski definition) is 3. The van der Waals surface area contributed by atoms with Crippen LogP contribution in [0.2, 0.25) is 0 Å². The van der Waals surface area contributed by atoms with Crippen molar-refractivity contribution in [2.45, 2.75) is 0 Å². The Morgan fingerprint density at radius 2 is 2.11 bits per heavy atom. The number of aromatic amines is 2. The second-order valence-electron chi connectivity index (χ2n) is 3.86. The fourth-order valence-electron chi connectivity index (χ4n) is 1.97. The molecule has 0 radical (unpaired) electrons. The van der Waals surface area contributed by atoms with Gasteiger partial charge in [0.2, 0.25) is 0 Å². The van der Waals surface area contributed by atoms with E-state index in [2.05, 4.69) is 15.0 Å². The molecule has 0 saturated carbocycles. The lowest BCUT2D eigenvalue weighted by atomic mass is 10.1. The number of benzene rings is 1. The van der Waals surface area contributed by atoms with Gasteiger partial charge in [0.1, 0.15) is 11.4 Å². The van der Waals surface area contributed by atoms with Gasteiger partial charge in [0.25, 0.3) is 0 Å². The van der Waals surface area contributed by atoms with Gasteiger partial charge in [-0.05, 0) is 12.1 Å². The number of carboxylic acids is 1. The molecule has 0 fully saturated rings. The minimum atomic E-state index is -1.06. The van der Waals surface area contributed by atoms with Crippen LogP contribution in [-0.4, -0.2) is 31.1 Å². The first-order valence-electron chi connectivity index (χ1n) is 5.24. The molecule has 0 aliphatic heterocycles. The van der Waals surface area contributed by atoms with Crippen LogP contribution in [0.4, 0.5) is 0 Å². The third-order valence-electron chi connectivity index (χ3n) is 2.77. The number of carboxylic acid groups (broad SMARTS) is 1. The zero-order chi connectivity index (χ0) is 12.7. The molecule has 0 spiro atoms. The number of aromatic nitrogens is 3. The van der Waals surface area contributed by atoms with Crippen molar-refractivity contribution in [2.24, 2.45) is 0 Å². The van der Waals surface area contributed by atoms with Crippen LogP contribution >= 0.6 is 0 Å². The van der Waals surface area contributed by atoms with Crippen molar-refractivity contribution in [3.8, 4) is 17.0 Å². The largest absolute Gasteiger partial charge is 0.508 e. The van der Waals surface area contributed by atoms with Crippen molar-refractivity contribution in [1.29, 1.82) is 0 Å². The number of phenols is 1. The van der Waals surface area contributed by atoms with Gasteiger partial charge in [-0.25, -0.2) is 9.78 Å². The van der Waals surface area contributed by atoms with E-state index >= 15 is 0 Å². The Bertz CT molecular complexity index is 742. The highest BCUT2D eigenvalue weighted by Gasteiger charge is 2.17. The van der Waals surface area contributed by atoms with Crippen molar-refractivity contribution in [3.63, 3.8) is 0 Å². The predicted molar refractivity (Wildman–Crippen MR) is 64.5 cm³/mol. The minimum Gasteiger partial charge on any atom is -0.508 e. The molecule has 6 nitrogen and oxygen atoms in total. The number of phenolic OH excluding ortho intramolecular Hbond substituents is 1. The molecule has 3 aromatic rings. The number of hydrogen-bond donors (Lipinski definition) is 4. The summed E-state index contributed by atoms with van der Waals surface area (Å²) in [5.74, 6) is -0.910. The molecule has 0 saturated heterocycles. The normalized spacial score (nSPS) is 10.9. The average Bonchev–Trinajstić information content (AvgIpc) is 2.92. The van der Waals surface area contributed by atoms with E-state index < -0.39 is 5.97 Å². The average molecular weight is 243 g/mol. The number of fused-ring (bicyclic) bond motifs is 1. The SMILES string of the molecule is O=C(O)c1[nH]cnc1-c1c[nH]c2cc(O)ccc12. The Kier molecular flexibility index (Phi) is 2.09. The molecule has 0 amide bonds. The molecule has 6 heteroatoms. The second-order valence-corrected chi connectivity index (χ2v) is 3.86. The molecular formula is C12H9N3O3. The van der Waals surface area contributed by atoms with Gasteiger partial charge in [0, 0.05) is 28.7 Å². The van der Waals surface area contributed by atoms with Gasteiger partial charge in [0.15, 0.2) is 5.69 Å². The van der Waals surface area contributed by atoms with Crippen molar-refractivity contribution < 1.29 is 15.0 Å². The van der Waals surface area contributed by atoms with E-state index in [1.165, 1.54) is 6.33 Å². The van der Waals surface area contributed by atoms with Gasteiger partial charge >= 0.3 is 5.97 Å². The molecule has 90 valence electrons. The Morgan fingerprint density at radius 1 is 1.28 bits per heavy atom. The lowest BCUT2D eigenvalue weighted by Gasteiger charge is -1.97. The van der Waals surface area contributed by atoms with Crippen LogP contribution in [0, 0.1) is 0 Å². The molecule has 4 N–H and O–H groups in total. The summed E-state index contributed by atoms with van der Waals surface area (Å²) in [6.45, 7) is 0. The van der Waals surface area contributed by atoms with E-state index in [1.54, 1.807) is 24.4 Å². The summed E-state index contributed by atoms with van der Waals surface area (Å²) in [6.07, 6.45) is 3.02. The van der Waals surface area contributed by atoms with E-state index in [9.17, 15) is 9.90 Å². The maximum Gasteiger partial charge on any atom is 0.354 e. The molecular weight excluding hydrogens is 234 g/mol. The molecule has 2 heterocycles. The van der Waals surface area contributed by atoms with Crippen LogP contribution < -0.4 is 0 Å². The van der Waals surface area contributed by atoms with Crippen LogP contribution in [-0.2, 0) is 0 Å². The van der Waals surface area contributed by atoms with E-state index in [1.807, 2.05) is 0 Å². The van der Waals surface area contributed by atoms with Crippen molar-refractivity contribution in [3.05, 3.63) is 36.4 Å². The van der Waals surface area contributed by atoms with Gasteiger partial charge in [-0.15, -0.1) is 0 Å². The molecule has 0 bridgehead atoms. The Hall–Kier alpha value is -2.76. The van der Waals surface area contributed by atoms with E-state index in [-0.39, 0.29) is 11.4 Å². The summed E-state index contributed by atoms with van der Waals surface area (Å²) >= 11 is 0. The predicted octanol–water partition coefficient (Wildman–Crippen LogP) is 1.96. The van der Waals surface area contributed by atoms with Crippen molar-refractivity contribution in [1.82, 2.24) is 15.0 Å².